The van der Waals surface area contributed by atoms with Crippen LogP contribution in [-0.4, -0.2) is 54.2 Å². The van der Waals surface area contributed by atoms with E-state index in [-0.39, 0.29) is 30.8 Å². The number of urea groups is 1. The molecule has 7 heteroatoms. The molecule has 31 heavy (non-hydrogen) atoms. The quantitative estimate of drug-likeness (QED) is 0.797. The second-order valence-corrected chi connectivity index (χ2v) is 8.16. The summed E-state index contributed by atoms with van der Waals surface area (Å²) in [4.78, 5) is 29.2. The van der Waals surface area contributed by atoms with Gasteiger partial charge in [-0.1, -0.05) is 30.3 Å². The minimum atomic E-state index is -0.297. The fourth-order valence-electron chi connectivity index (χ4n) is 4.41. The number of carbonyl (C=O) groups is 2. The maximum absolute atomic E-state index is 12.9. The second-order valence-electron chi connectivity index (χ2n) is 8.16. The van der Waals surface area contributed by atoms with Crippen molar-refractivity contribution in [3.05, 3.63) is 59.7 Å². The molecule has 7 nitrogen and oxygen atoms in total. The minimum absolute atomic E-state index is 0.000505. The van der Waals surface area contributed by atoms with Crippen LogP contribution in [0.4, 0.5) is 15.3 Å². The molecule has 1 N–H and O–H groups in total. The van der Waals surface area contributed by atoms with Crippen molar-refractivity contribution < 1.29 is 19.1 Å². The zero-order valence-electron chi connectivity index (χ0n) is 18.0. The van der Waals surface area contributed by atoms with Crippen molar-refractivity contribution in [1.82, 2.24) is 9.80 Å². The number of benzene rings is 2. The smallest absolute Gasteiger partial charge is 0.410 e. The number of likely N-dealkylation sites (tertiary alicyclic amines) is 1. The third-order valence-corrected chi connectivity index (χ3v) is 6.17. The van der Waals surface area contributed by atoms with E-state index < -0.39 is 0 Å². The van der Waals surface area contributed by atoms with Crippen LogP contribution in [0.3, 0.4) is 0 Å². The summed E-state index contributed by atoms with van der Waals surface area (Å²) >= 11 is 0. The molecule has 0 radical (unpaired) electrons. The van der Waals surface area contributed by atoms with Gasteiger partial charge in [0.15, 0.2) is 0 Å². The van der Waals surface area contributed by atoms with E-state index in [2.05, 4.69) is 5.32 Å². The molecule has 0 aromatic heterocycles. The first-order valence-corrected chi connectivity index (χ1v) is 10.8. The third-order valence-electron chi connectivity index (χ3n) is 6.17. The third kappa shape index (κ3) is 4.76. The number of carbonyl (C=O) groups excluding carboxylic acids is 2. The molecule has 2 aromatic carbocycles. The topological polar surface area (TPSA) is 71.1 Å². The molecule has 2 aliphatic rings. The van der Waals surface area contributed by atoms with Gasteiger partial charge in [-0.3, -0.25) is 0 Å². The van der Waals surface area contributed by atoms with Crippen molar-refractivity contribution >= 4 is 17.8 Å². The van der Waals surface area contributed by atoms with Crippen molar-refractivity contribution in [3.63, 3.8) is 0 Å². The van der Waals surface area contributed by atoms with Gasteiger partial charge >= 0.3 is 12.1 Å². The molecule has 0 saturated carbocycles. The molecule has 4 rings (SSSR count). The summed E-state index contributed by atoms with van der Waals surface area (Å²) in [6.07, 6.45) is 1.93. The average Bonchev–Trinajstić information content (AvgIpc) is 2.95. The molecule has 1 saturated heterocycles. The van der Waals surface area contributed by atoms with Crippen LogP contribution in [0.25, 0.3) is 0 Å². The highest BCUT2D eigenvalue weighted by molar-refractivity contribution is 5.91. The van der Waals surface area contributed by atoms with E-state index >= 15 is 0 Å². The lowest BCUT2D eigenvalue weighted by atomic mass is 9.97. The van der Waals surface area contributed by atoms with Gasteiger partial charge in [-0.15, -0.1) is 0 Å². The molecule has 164 valence electrons. The molecule has 3 amide bonds. The minimum Gasteiger partial charge on any atom is -0.497 e. The van der Waals surface area contributed by atoms with Gasteiger partial charge in [-0.25, -0.2) is 9.59 Å². The van der Waals surface area contributed by atoms with Gasteiger partial charge in [0, 0.05) is 30.9 Å². The van der Waals surface area contributed by atoms with Gasteiger partial charge in [0.05, 0.1) is 7.11 Å². The zero-order valence-corrected chi connectivity index (χ0v) is 18.0. The van der Waals surface area contributed by atoms with E-state index in [1.54, 1.807) is 12.0 Å². The van der Waals surface area contributed by atoms with Gasteiger partial charge in [0.2, 0.25) is 0 Å². The van der Waals surface area contributed by atoms with Crippen LogP contribution in [0.2, 0.25) is 0 Å². The highest BCUT2D eigenvalue weighted by Gasteiger charge is 2.35. The Morgan fingerprint density at radius 3 is 2.71 bits per heavy atom. The van der Waals surface area contributed by atoms with E-state index in [1.165, 1.54) is 0 Å². The van der Waals surface area contributed by atoms with Crippen LogP contribution in [-0.2, 0) is 17.8 Å². The largest absolute Gasteiger partial charge is 0.497 e. The van der Waals surface area contributed by atoms with Crippen molar-refractivity contribution in [2.75, 3.05) is 25.5 Å². The Morgan fingerprint density at radius 2 is 1.97 bits per heavy atom. The number of rotatable bonds is 4. The molecule has 2 unspecified atom stereocenters. The number of anilines is 1. The lowest BCUT2D eigenvalue weighted by Gasteiger charge is -2.41. The van der Waals surface area contributed by atoms with Crippen molar-refractivity contribution in [3.8, 4) is 5.75 Å². The van der Waals surface area contributed by atoms with Gasteiger partial charge < -0.3 is 24.6 Å². The molecule has 0 aliphatic carbocycles. The number of amides is 3. The number of nitrogens with zero attached hydrogens (tertiary/aromatic N) is 2. The Kier molecular flexibility index (Phi) is 6.30. The van der Waals surface area contributed by atoms with E-state index in [0.717, 1.165) is 41.8 Å². The number of ether oxygens (including phenoxy) is 2. The summed E-state index contributed by atoms with van der Waals surface area (Å²) in [6, 6.07) is 15.4. The van der Waals surface area contributed by atoms with Crippen LogP contribution in [0, 0.1) is 0 Å². The molecule has 2 heterocycles. The first-order chi connectivity index (χ1) is 15.0. The van der Waals surface area contributed by atoms with Crippen molar-refractivity contribution in [2.45, 2.75) is 44.9 Å². The Labute approximate surface area is 182 Å². The molecule has 1 fully saturated rings. The van der Waals surface area contributed by atoms with Gasteiger partial charge in [0.1, 0.15) is 12.4 Å². The summed E-state index contributed by atoms with van der Waals surface area (Å²) in [7, 11) is 1.64. The Bertz CT molecular complexity index is 934. The molecule has 0 spiro atoms. The van der Waals surface area contributed by atoms with E-state index in [1.807, 2.05) is 60.4 Å². The lowest BCUT2D eigenvalue weighted by molar-refractivity contribution is 0.0536. The Morgan fingerprint density at radius 1 is 1.16 bits per heavy atom. The van der Waals surface area contributed by atoms with Crippen molar-refractivity contribution in [2.24, 2.45) is 0 Å². The van der Waals surface area contributed by atoms with Gasteiger partial charge in [-0.05, 0) is 55.5 Å². The summed E-state index contributed by atoms with van der Waals surface area (Å²) in [6.45, 7) is 3.50. The first kappa shape index (κ1) is 21.0. The van der Waals surface area contributed by atoms with Crippen molar-refractivity contribution in [1.29, 1.82) is 0 Å². The molecule has 2 aliphatic heterocycles. The van der Waals surface area contributed by atoms with E-state index in [9.17, 15) is 9.59 Å². The van der Waals surface area contributed by atoms with Crippen LogP contribution in [0.15, 0.2) is 48.5 Å². The number of hydrogen-bond acceptors (Lipinski definition) is 4. The fourth-order valence-corrected chi connectivity index (χ4v) is 4.41. The number of nitrogens with one attached hydrogen (secondary N) is 1. The fraction of sp³-hybridized carbons (Fsp3) is 0.417. The average molecular weight is 424 g/mol. The molecule has 0 bridgehead atoms. The van der Waals surface area contributed by atoms with Gasteiger partial charge in [0.25, 0.3) is 0 Å². The molecular formula is C24H29N3O4. The SMILES string of the molecule is COc1ccc2c(c1)CCN(C1CCN(C(=O)OCc3ccccc3)C(C)C1)C(=O)N2. The summed E-state index contributed by atoms with van der Waals surface area (Å²) in [5.41, 5.74) is 2.88. The molecular weight excluding hydrogens is 394 g/mol. The molecule has 2 atom stereocenters. The maximum Gasteiger partial charge on any atom is 0.410 e. The number of piperidine rings is 1. The highest BCUT2D eigenvalue weighted by Crippen LogP contribution is 2.29. The summed E-state index contributed by atoms with van der Waals surface area (Å²) in [5.74, 6) is 0.789. The Hall–Kier alpha value is -3.22. The summed E-state index contributed by atoms with van der Waals surface area (Å²) in [5, 5.41) is 3.03. The highest BCUT2D eigenvalue weighted by atomic mass is 16.6. The van der Waals surface area contributed by atoms with Crippen LogP contribution in [0.1, 0.15) is 30.9 Å². The summed E-state index contributed by atoms with van der Waals surface area (Å²) < 4.78 is 10.8. The first-order valence-electron chi connectivity index (χ1n) is 10.8. The Balaban J connectivity index is 1.35. The van der Waals surface area contributed by atoms with Gasteiger partial charge in [-0.2, -0.15) is 0 Å². The van der Waals surface area contributed by atoms with Crippen LogP contribution >= 0.6 is 0 Å². The van der Waals surface area contributed by atoms with E-state index in [4.69, 9.17) is 9.47 Å². The normalized spacial score (nSPS) is 21.0. The number of methoxy groups -OCH3 is 1. The predicted molar refractivity (Wildman–Crippen MR) is 118 cm³/mol. The van der Waals surface area contributed by atoms with Crippen LogP contribution in [0.5, 0.6) is 5.75 Å². The monoisotopic (exact) mass is 423 g/mol. The zero-order chi connectivity index (χ0) is 21.8. The predicted octanol–water partition coefficient (Wildman–Crippen LogP) is 4.27. The molecule has 2 aromatic rings. The maximum atomic E-state index is 12.9. The van der Waals surface area contributed by atoms with E-state index in [0.29, 0.717) is 13.1 Å². The second kappa shape index (κ2) is 9.29. The lowest BCUT2D eigenvalue weighted by Crippen LogP contribution is -2.53. The number of hydrogen-bond donors (Lipinski definition) is 1. The van der Waals surface area contributed by atoms with Crippen LogP contribution < -0.4 is 10.1 Å². The number of fused-ring (bicyclic) bond motifs is 1. The standard InChI is InChI=1S/C24H29N3O4/c1-17-14-20(11-13-26(17)24(29)31-16-18-6-4-3-5-7-18)27-12-10-19-15-21(30-2)8-9-22(19)25-23(27)28/h3-9,15,17,20H,10-14,16H2,1-2H3,(H,25,28).